The molecule has 0 N–H and O–H groups in total. The van der Waals surface area contributed by atoms with Crippen LogP contribution in [-0.4, -0.2) is 17.2 Å². The number of amides is 1. The summed E-state index contributed by atoms with van der Waals surface area (Å²) in [6.07, 6.45) is -4.71. The van der Waals surface area contributed by atoms with Gasteiger partial charge in [0.2, 0.25) is 0 Å². The van der Waals surface area contributed by atoms with Crippen molar-refractivity contribution in [3.8, 4) is 5.75 Å². The molecule has 24 heavy (non-hydrogen) atoms. The summed E-state index contributed by atoms with van der Waals surface area (Å²) >= 11 is 0. The van der Waals surface area contributed by atoms with E-state index in [-0.39, 0.29) is 44.4 Å². The summed E-state index contributed by atoms with van der Waals surface area (Å²) in [4.78, 5) is 13.9. The number of hydrogen-bond acceptors (Lipinski definition) is 2. The molecule has 1 aliphatic heterocycles. The fourth-order valence-electron chi connectivity index (χ4n) is 2.57. The Balaban J connectivity index is 0.00000208. The van der Waals surface area contributed by atoms with Gasteiger partial charge in [-0.15, -0.1) is 42.5 Å². The molecule has 7 heteroatoms. The van der Waals surface area contributed by atoms with Crippen LogP contribution in [0.1, 0.15) is 27.0 Å². The number of carbonyl (C=O) groups excluding carboxylic acids is 1. The van der Waals surface area contributed by atoms with Crippen molar-refractivity contribution in [1.29, 1.82) is 0 Å². The van der Waals surface area contributed by atoms with Gasteiger partial charge >= 0.3 is 6.36 Å². The molecule has 0 aromatic heterocycles. The summed E-state index contributed by atoms with van der Waals surface area (Å²) in [5.74, 6) is -0.392. The molecule has 0 bridgehead atoms. The molecule has 0 saturated carbocycles. The van der Waals surface area contributed by atoms with Crippen molar-refractivity contribution in [1.82, 2.24) is 4.90 Å². The quantitative estimate of drug-likeness (QED) is 0.721. The van der Waals surface area contributed by atoms with E-state index in [4.69, 9.17) is 0 Å². The Kier molecular flexibility index (Phi) is 5.71. The van der Waals surface area contributed by atoms with Crippen LogP contribution in [0.3, 0.4) is 0 Å². The zero-order valence-electron chi connectivity index (χ0n) is 12.9. The van der Waals surface area contributed by atoms with Gasteiger partial charge in [-0.3, -0.25) is 0 Å². The van der Waals surface area contributed by atoms with Crippen LogP contribution in [0, 0.1) is 13.0 Å². The van der Waals surface area contributed by atoms with E-state index < -0.39 is 6.36 Å². The molecule has 123 valence electrons. The number of benzene rings is 2. The first-order chi connectivity index (χ1) is 10.8. The Morgan fingerprint density at radius 3 is 2.54 bits per heavy atom. The van der Waals surface area contributed by atoms with Gasteiger partial charge in [-0.1, -0.05) is 24.6 Å². The molecule has 1 radical (unpaired) electrons. The zero-order valence-corrected chi connectivity index (χ0v) is 15.7. The molecule has 0 spiro atoms. The third-order valence-electron chi connectivity index (χ3n) is 3.56. The summed E-state index contributed by atoms with van der Waals surface area (Å²) in [6.45, 7) is 2.74. The van der Waals surface area contributed by atoms with E-state index in [1.165, 1.54) is 24.3 Å². The molecule has 2 aromatic carbocycles. The molecule has 3 rings (SSSR count). The van der Waals surface area contributed by atoms with Gasteiger partial charge in [-0.05, 0) is 17.7 Å². The molecule has 0 unspecified atom stereocenters. The third-order valence-corrected chi connectivity index (χ3v) is 3.56. The molecule has 0 atom stereocenters. The van der Waals surface area contributed by atoms with Crippen molar-refractivity contribution in [3.63, 3.8) is 0 Å². The fourth-order valence-corrected chi connectivity index (χ4v) is 2.57. The number of hydrogen-bond donors (Lipinski definition) is 0. The van der Waals surface area contributed by atoms with Crippen LogP contribution >= 0.6 is 0 Å². The van der Waals surface area contributed by atoms with E-state index >= 15 is 0 Å². The number of halogens is 3. The first-order valence-corrected chi connectivity index (χ1v) is 6.97. The Morgan fingerprint density at radius 1 is 1.25 bits per heavy atom. The van der Waals surface area contributed by atoms with Gasteiger partial charge in [0.05, 0.1) is 0 Å². The SMILES string of the molecule is Cc1c[c-]c2c(c1)CN(Cc1ccc(OC(F)(F)F)cc1)C2=O.[Y]. The molecule has 1 heterocycles. The van der Waals surface area contributed by atoms with Crippen molar-refractivity contribution < 1.29 is 55.4 Å². The van der Waals surface area contributed by atoms with Crippen molar-refractivity contribution in [3.05, 3.63) is 64.7 Å². The van der Waals surface area contributed by atoms with E-state index in [9.17, 15) is 18.0 Å². The maximum Gasteiger partial charge on any atom is 0.573 e. The summed E-state index contributed by atoms with van der Waals surface area (Å²) in [7, 11) is 0. The van der Waals surface area contributed by atoms with Gasteiger partial charge in [-0.25, -0.2) is 0 Å². The molecule has 0 aliphatic carbocycles. The van der Waals surface area contributed by atoms with E-state index in [2.05, 4.69) is 10.8 Å². The average molecular weight is 409 g/mol. The molecule has 0 fully saturated rings. The van der Waals surface area contributed by atoms with Gasteiger partial charge in [0, 0.05) is 45.8 Å². The smallest absolute Gasteiger partial charge is 0.406 e. The number of alkyl halides is 3. The van der Waals surface area contributed by atoms with Gasteiger partial charge in [-0.2, -0.15) is 0 Å². The van der Waals surface area contributed by atoms with Crippen molar-refractivity contribution in [2.45, 2.75) is 26.4 Å². The van der Waals surface area contributed by atoms with Crippen LogP contribution in [0.15, 0.2) is 36.4 Å². The normalized spacial score (nSPS) is 13.5. The van der Waals surface area contributed by atoms with Crippen LogP contribution in [0.2, 0.25) is 0 Å². The van der Waals surface area contributed by atoms with E-state index in [0.717, 1.165) is 16.7 Å². The number of carbonyl (C=O) groups is 1. The molecule has 1 amide bonds. The van der Waals surface area contributed by atoms with Crippen LogP contribution < -0.4 is 4.74 Å². The largest absolute Gasteiger partial charge is 0.573 e. The predicted octanol–water partition coefficient (Wildman–Crippen LogP) is 3.85. The van der Waals surface area contributed by atoms with Crippen LogP contribution in [-0.2, 0) is 45.8 Å². The molecule has 2 aromatic rings. The Morgan fingerprint density at radius 2 is 1.92 bits per heavy atom. The molecule has 3 nitrogen and oxygen atoms in total. The Labute approximate surface area is 162 Å². The maximum atomic E-state index is 12.3. The monoisotopic (exact) mass is 409 g/mol. The van der Waals surface area contributed by atoms with Crippen LogP contribution in [0.25, 0.3) is 0 Å². The zero-order chi connectivity index (χ0) is 16.6. The molecule has 1 aliphatic rings. The van der Waals surface area contributed by atoms with Gasteiger partial charge in [0.1, 0.15) is 5.75 Å². The molecular formula is C17H13F3NO2Y-. The third kappa shape index (κ3) is 4.36. The fraction of sp³-hybridized carbons (Fsp3) is 0.235. The predicted molar refractivity (Wildman–Crippen MR) is 76.7 cm³/mol. The maximum absolute atomic E-state index is 12.3. The Bertz CT molecular complexity index is 744. The summed E-state index contributed by atoms with van der Waals surface area (Å²) in [5.41, 5.74) is 3.25. The summed E-state index contributed by atoms with van der Waals surface area (Å²) < 4.78 is 40.2. The number of aryl methyl sites for hydroxylation is 1. The van der Waals surface area contributed by atoms with E-state index in [1.54, 1.807) is 11.0 Å². The van der Waals surface area contributed by atoms with Crippen molar-refractivity contribution in [2.75, 3.05) is 0 Å². The van der Waals surface area contributed by atoms with E-state index in [1.807, 2.05) is 13.0 Å². The first-order valence-electron chi connectivity index (χ1n) is 6.97. The number of nitrogens with zero attached hydrogens (tertiary/aromatic N) is 1. The first kappa shape index (κ1) is 18.9. The van der Waals surface area contributed by atoms with Crippen molar-refractivity contribution >= 4 is 5.91 Å². The minimum absolute atomic E-state index is 0. The number of rotatable bonds is 3. The molecule has 0 saturated heterocycles. The minimum atomic E-state index is -4.71. The topological polar surface area (TPSA) is 29.5 Å². The number of ether oxygens (including phenoxy) is 1. The second kappa shape index (κ2) is 7.23. The van der Waals surface area contributed by atoms with Gasteiger partial charge < -0.3 is 14.4 Å². The Hall–Kier alpha value is -1.40. The van der Waals surface area contributed by atoms with Gasteiger partial charge in [0.25, 0.3) is 0 Å². The standard InChI is InChI=1S/C17H13F3NO2.Y/c1-11-2-7-15-13(8-11)10-21(16(15)22)9-12-3-5-14(6-4-12)23-17(18,19)20;/h2-6,8H,9-10H2,1H3;/q-1;. The second-order valence-corrected chi connectivity index (χ2v) is 5.43. The average Bonchev–Trinajstić information content (AvgIpc) is 2.75. The van der Waals surface area contributed by atoms with E-state index in [0.29, 0.717) is 18.7 Å². The number of fused-ring (bicyclic) bond motifs is 1. The molecular weight excluding hydrogens is 396 g/mol. The van der Waals surface area contributed by atoms with Crippen LogP contribution in [0.5, 0.6) is 5.75 Å². The summed E-state index contributed by atoms with van der Waals surface area (Å²) in [6, 6.07) is 12.2. The second-order valence-electron chi connectivity index (χ2n) is 5.43. The summed E-state index contributed by atoms with van der Waals surface area (Å²) in [5, 5.41) is 0. The van der Waals surface area contributed by atoms with Gasteiger partial charge in [0.15, 0.2) is 5.91 Å². The van der Waals surface area contributed by atoms with Crippen LogP contribution in [0.4, 0.5) is 13.2 Å². The van der Waals surface area contributed by atoms with Crippen molar-refractivity contribution in [2.24, 2.45) is 0 Å². The minimum Gasteiger partial charge on any atom is -0.406 e.